The Labute approximate surface area is 116 Å². The molecule has 2 rings (SSSR count). The quantitative estimate of drug-likeness (QED) is 0.778. The summed E-state index contributed by atoms with van der Waals surface area (Å²) in [5, 5.41) is 14.8. The zero-order chi connectivity index (χ0) is 13.7. The van der Waals surface area contributed by atoms with Crippen LogP contribution in [0.15, 0.2) is 5.38 Å². The molecule has 0 N–H and O–H groups in total. The van der Waals surface area contributed by atoms with Gasteiger partial charge in [-0.2, -0.15) is 0 Å². The van der Waals surface area contributed by atoms with Gasteiger partial charge in [0, 0.05) is 18.4 Å². The van der Waals surface area contributed by atoms with Crippen LogP contribution in [0.4, 0.5) is 0 Å². The summed E-state index contributed by atoms with van der Waals surface area (Å²) in [6.45, 7) is 7.44. The first-order valence-electron chi connectivity index (χ1n) is 6.55. The Kier molecular flexibility index (Phi) is 4.98. The summed E-state index contributed by atoms with van der Waals surface area (Å²) in [5.41, 5.74) is 0.983. The number of thiazole rings is 1. The van der Waals surface area contributed by atoms with Crippen molar-refractivity contribution in [2.24, 2.45) is 0 Å². The van der Waals surface area contributed by atoms with E-state index in [0.29, 0.717) is 13.2 Å². The van der Waals surface area contributed by atoms with E-state index >= 15 is 0 Å². The molecule has 0 unspecified atom stereocenters. The van der Waals surface area contributed by atoms with Gasteiger partial charge < -0.3 is 4.74 Å². The van der Waals surface area contributed by atoms with E-state index in [9.17, 15) is 0 Å². The van der Waals surface area contributed by atoms with Crippen molar-refractivity contribution in [3.8, 4) is 0 Å². The minimum atomic E-state index is 0.0488. The van der Waals surface area contributed by atoms with Crippen LogP contribution < -0.4 is 0 Å². The van der Waals surface area contributed by atoms with Crippen LogP contribution in [-0.4, -0.2) is 31.8 Å². The zero-order valence-corrected chi connectivity index (χ0v) is 12.4. The molecule has 0 spiro atoms. The summed E-state index contributed by atoms with van der Waals surface area (Å²) < 4.78 is 7.35. The molecular formula is C12H19N5OS. The molecule has 2 aromatic heterocycles. The smallest absolute Gasteiger partial charge is 0.151 e. The number of aromatic nitrogens is 5. The Morgan fingerprint density at radius 2 is 2.26 bits per heavy atom. The molecule has 0 aliphatic carbocycles. The van der Waals surface area contributed by atoms with E-state index < -0.39 is 0 Å². The van der Waals surface area contributed by atoms with Gasteiger partial charge >= 0.3 is 0 Å². The molecule has 0 aliphatic heterocycles. The largest absolute Gasteiger partial charge is 0.372 e. The Hall–Kier alpha value is -1.34. The maximum absolute atomic E-state index is 5.54. The maximum atomic E-state index is 5.54. The highest BCUT2D eigenvalue weighted by Gasteiger charge is 2.12. The molecule has 1 atom stereocenters. The number of aryl methyl sites for hydroxylation is 1. The highest BCUT2D eigenvalue weighted by molar-refractivity contribution is 7.09. The molecule has 2 heterocycles. The highest BCUT2D eigenvalue weighted by Crippen LogP contribution is 2.21. The fourth-order valence-corrected chi connectivity index (χ4v) is 2.62. The van der Waals surface area contributed by atoms with Crippen LogP contribution in [0.3, 0.4) is 0 Å². The predicted octanol–water partition coefficient (Wildman–Crippen LogP) is 2.23. The van der Waals surface area contributed by atoms with Crippen LogP contribution in [0.2, 0.25) is 0 Å². The first kappa shape index (κ1) is 14.1. The Balaban J connectivity index is 2.05. The average Bonchev–Trinajstić information content (AvgIpc) is 3.01. The van der Waals surface area contributed by atoms with Crippen LogP contribution in [0.25, 0.3) is 0 Å². The number of hydrogen-bond donors (Lipinski definition) is 0. The van der Waals surface area contributed by atoms with E-state index in [2.05, 4.69) is 27.4 Å². The fourth-order valence-electron chi connectivity index (χ4n) is 1.81. The number of rotatable bonds is 7. The molecule has 0 fully saturated rings. The van der Waals surface area contributed by atoms with Crippen molar-refractivity contribution in [3.05, 3.63) is 21.9 Å². The van der Waals surface area contributed by atoms with E-state index in [0.717, 1.165) is 29.4 Å². The number of tetrazole rings is 1. The standard InChI is InChI=1S/C12H19N5OS/c1-4-6-11-14-15-16-17(11)7-10-8-19-12(13-10)9(3)18-5-2/h8-9H,4-7H2,1-3H3/t9-/m0/s1. The summed E-state index contributed by atoms with van der Waals surface area (Å²) in [5.74, 6) is 0.912. The first-order chi connectivity index (χ1) is 9.24. The molecular weight excluding hydrogens is 262 g/mol. The fraction of sp³-hybridized carbons (Fsp3) is 0.667. The lowest BCUT2D eigenvalue weighted by Crippen LogP contribution is -2.08. The number of hydrogen-bond acceptors (Lipinski definition) is 6. The minimum Gasteiger partial charge on any atom is -0.372 e. The lowest BCUT2D eigenvalue weighted by atomic mass is 10.3. The molecule has 0 radical (unpaired) electrons. The molecule has 19 heavy (non-hydrogen) atoms. The van der Waals surface area contributed by atoms with E-state index in [1.807, 2.05) is 23.9 Å². The maximum Gasteiger partial charge on any atom is 0.151 e. The first-order valence-corrected chi connectivity index (χ1v) is 7.43. The molecule has 2 aromatic rings. The average molecular weight is 281 g/mol. The lowest BCUT2D eigenvalue weighted by molar-refractivity contribution is 0.0761. The van der Waals surface area contributed by atoms with Crippen LogP contribution >= 0.6 is 11.3 Å². The van der Waals surface area contributed by atoms with E-state index in [1.165, 1.54) is 0 Å². The van der Waals surface area contributed by atoms with E-state index in [4.69, 9.17) is 4.74 Å². The molecule has 0 aromatic carbocycles. The summed E-state index contributed by atoms with van der Waals surface area (Å²) in [6.07, 6.45) is 1.97. The summed E-state index contributed by atoms with van der Waals surface area (Å²) in [6, 6.07) is 0. The van der Waals surface area contributed by atoms with Crippen molar-refractivity contribution in [1.82, 2.24) is 25.2 Å². The third-order valence-corrected chi connectivity index (χ3v) is 3.78. The van der Waals surface area contributed by atoms with Crippen LogP contribution in [0.1, 0.15) is 49.8 Å². The SMILES string of the molecule is CCCc1nnnn1Cc1csc([C@H](C)OCC)n1. The highest BCUT2D eigenvalue weighted by atomic mass is 32.1. The molecule has 7 heteroatoms. The normalized spacial score (nSPS) is 12.8. The molecule has 0 amide bonds. The van der Waals surface area contributed by atoms with Crippen LogP contribution in [0.5, 0.6) is 0 Å². The monoisotopic (exact) mass is 281 g/mol. The molecule has 104 valence electrons. The predicted molar refractivity (Wildman–Crippen MR) is 73.1 cm³/mol. The zero-order valence-electron chi connectivity index (χ0n) is 11.5. The molecule has 0 bridgehead atoms. The van der Waals surface area contributed by atoms with Gasteiger partial charge in [0.1, 0.15) is 11.1 Å². The van der Waals surface area contributed by atoms with Gasteiger partial charge in [-0.1, -0.05) is 6.92 Å². The van der Waals surface area contributed by atoms with Gasteiger partial charge in [0.25, 0.3) is 0 Å². The summed E-state index contributed by atoms with van der Waals surface area (Å²) in [4.78, 5) is 4.58. The Bertz CT molecular complexity index is 510. The van der Waals surface area contributed by atoms with E-state index in [1.54, 1.807) is 11.3 Å². The third kappa shape index (κ3) is 3.57. The third-order valence-electron chi connectivity index (χ3n) is 2.73. The van der Waals surface area contributed by atoms with Crippen molar-refractivity contribution in [3.63, 3.8) is 0 Å². The lowest BCUT2D eigenvalue weighted by Gasteiger charge is -2.07. The van der Waals surface area contributed by atoms with E-state index in [-0.39, 0.29) is 6.10 Å². The van der Waals surface area contributed by atoms with Crippen LogP contribution in [0, 0.1) is 0 Å². The second-order valence-corrected chi connectivity index (χ2v) is 5.17. The van der Waals surface area contributed by atoms with Gasteiger partial charge in [0.15, 0.2) is 5.82 Å². The molecule has 6 nitrogen and oxygen atoms in total. The van der Waals surface area contributed by atoms with Gasteiger partial charge in [-0.25, -0.2) is 9.67 Å². The number of nitrogens with zero attached hydrogens (tertiary/aromatic N) is 5. The van der Waals surface area contributed by atoms with Gasteiger partial charge in [0.05, 0.1) is 12.2 Å². The van der Waals surface area contributed by atoms with Crippen molar-refractivity contribution < 1.29 is 4.74 Å². The minimum absolute atomic E-state index is 0.0488. The van der Waals surface area contributed by atoms with Gasteiger partial charge in [-0.05, 0) is 30.7 Å². The van der Waals surface area contributed by atoms with Crippen molar-refractivity contribution >= 4 is 11.3 Å². The second-order valence-electron chi connectivity index (χ2n) is 4.28. The molecule has 0 saturated heterocycles. The summed E-state index contributed by atoms with van der Waals surface area (Å²) >= 11 is 1.62. The molecule has 0 aliphatic rings. The molecule has 0 saturated carbocycles. The van der Waals surface area contributed by atoms with Crippen molar-refractivity contribution in [2.45, 2.75) is 46.3 Å². The Morgan fingerprint density at radius 1 is 1.42 bits per heavy atom. The number of ether oxygens (including phenoxy) is 1. The van der Waals surface area contributed by atoms with Crippen molar-refractivity contribution in [2.75, 3.05) is 6.61 Å². The van der Waals surface area contributed by atoms with Gasteiger partial charge in [0.2, 0.25) is 0 Å². The van der Waals surface area contributed by atoms with Crippen molar-refractivity contribution in [1.29, 1.82) is 0 Å². The topological polar surface area (TPSA) is 65.7 Å². The van der Waals surface area contributed by atoms with Gasteiger partial charge in [-0.3, -0.25) is 0 Å². The van der Waals surface area contributed by atoms with Crippen LogP contribution in [-0.2, 0) is 17.7 Å². The summed E-state index contributed by atoms with van der Waals surface area (Å²) in [7, 11) is 0. The Morgan fingerprint density at radius 3 is 3.00 bits per heavy atom. The van der Waals surface area contributed by atoms with Gasteiger partial charge in [-0.15, -0.1) is 16.4 Å². The second kappa shape index (κ2) is 6.72.